The third kappa shape index (κ3) is 2.97. The van der Waals surface area contributed by atoms with E-state index in [1.807, 2.05) is 6.92 Å². The molecule has 1 aliphatic carbocycles. The number of amides is 1. The zero-order chi connectivity index (χ0) is 12.3. The predicted molar refractivity (Wildman–Crippen MR) is 65.1 cm³/mol. The minimum atomic E-state index is -0.0798. The fraction of sp³-hybridized carbons (Fsp3) is 0.917. The van der Waals surface area contributed by atoms with Crippen molar-refractivity contribution in [3.05, 3.63) is 0 Å². The van der Waals surface area contributed by atoms with Crippen molar-refractivity contribution < 1.29 is 9.53 Å². The van der Waals surface area contributed by atoms with Gasteiger partial charge in [-0.2, -0.15) is 0 Å². The zero-order valence-electron chi connectivity index (χ0n) is 10.5. The first-order valence-electron chi connectivity index (χ1n) is 6.58. The Labute approximate surface area is 103 Å². The summed E-state index contributed by atoms with van der Waals surface area (Å²) in [6.07, 6.45) is 5.29. The van der Waals surface area contributed by atoms with Crippen LogP contribution in [0.3, 0.4) is 0 Å². The third-order valence-electron chi connectivity index (χ3n) is 3.95. The lowest BCUT2D eigenvalue weighted by molar-refractivity contribution is -0.128. The summed E-state index contributed by atoms with van der Waals surface area (Å²) in [5.41, 5.74) is 2.23. The summed E-state index contributed by atoms with van der Waals surface area (Å²) < 4.78 is 5.81. The van der Waals surface area contributed by atoms with Crippen LogP contribution in [0.15, 0.2) is 0 Å². The van der Waals surface area contributed by atoms with Gasteiger partial charge in [-0.25, -0.2) is 5.84 Å². The molecule has 1 aliphatic heterocycles. The third-order valence-corrected chi connectivity index (χ3v) is 3.95. The van der Waals surface area contributed by atoms with Gasteiger partial charge >= 0.3 is 0 Å². The predicted octanol–water partition coefficient (Wildman–Crippen LogP) is 0.256. The number of hydrazine groups is 1. The molecular formula is C12H23N3O2. The van der Waals surface area contributed by atoms with Crippen LogP contribution in [0.25, 0.3) is 0 Å². The van der Waals surface area contributed by atoms with E-state index in [-0.39, 0.29) is 11.8 Å². The summed E-state index contributed by atoms with van der Waals surface area (Å²) in [5, 5.41) is 0. The van der Waals surface area contributed by atoms with Crippen LogP contribution >= 0.6 is 0 Å². The van der Waals surface area contributed by atoms with Crippen molar-refractivity contribution in [2.45, 2.75) is 44.8 Å². The van der Waals surface area contributed by atoms with Crippen molar-refractivity contribution in [2.75, 3.05) is 19.7 Å². The van der Waals surface area contributed by atoms with Gasteiger partial charge in [0.2, 0.25) is 5.91 Å². The van der Waals surface area contributed by atoms with E-state index in [1.165, 1.54) is 25.7 Å². The number of nitrogens with zero attached hydrogens (tertiary/aromatic N) is 1. The van der Waals surface area contributed by atoms with E-state index < -0.39 is 0 Å². The molecule has 2 rings (SSSR count). The Morgan fingerprint density at radius 2 is 2.29 bits per heavy atom. The lowest BCUT2D eigenvalue weighted by Gasteiger charge is -2.44. The molecule has 1 saturated heterocycles. The quantitative estimate of drug-likeness (QED) is 0.422. The molecule has 2 aliphatic rings. The van der Waals surface area contributed by atoms with Gasteiger partial charge in [-0.05, 0) is 12.8 Å². The molecule has 1 saturated carbocycles. The standard InChI is InChI=1S/C12H23N3O2/c1-9(12(16)14-13)8-15-6-7-17-11-5-3-2-4-10(11)15/h9-11H,2-8,13H2,1H3,(H,14,16). The van der Waals surface area contributed by atoms with Crippen LogP contribution in [-0.2, 0) is 9.53 Å². The van der Waals surface area contributed by atoms with E-state index in [9.17, 15) is 4.79 Å². The summed E-state index contributed by atoms with van der Waals surface area (Å²) >= 11 is 0. The van der Waals surface area contributed by atoms with Gasteiger partial charge in [-0.3, -0.25) is 15.1 Å². The number of hydrogen-bond acceptors (Lipinski definition) is 4. The Hall–Kier alpha value is -0.650. The molecule has 0 bridgehead atoms. The second kappa shape index (κ2) is 5.80. The maximum atomic E-state index is 11.5. The first-order valence-corrected chi connectivity index (χ1v) is 6.58. The molecule has 0 radical (unpaired) electrons. The molecule has 3 unspecified atom stereocenters. The molecule has 1 amide bonds. The highest BCUT2D eigenvalue weighted by Crippen LogP contribution is 2.28. The highest BCUT2D eigenvalue weighted by molar-refractivity contribution is 5.77. The summed E-state index contributed by atoms with van der Waals surface area (Å²) in [5.74, 6) is 5.03. The van der Waals surface area contributed by atoms with Crippen molar-refractivity contribution >= 4 is 5.91 Å². The topological polar surface area (TPSA) is 67.6 Å². The molecule has 98 valence electrons. The summed E-state index contributed by atoms with van der Waals surface area (Å²) in [6, 6.07) is 0.505. The monoisotopic (exact) mass is 241 g/mol. The van der Waals surface area contributed by atoms with Crippen LogP contribution in [0.1, 0.15) is 32.6 Å². The molecule has 0 aromatic rings. The largest absolute Gasteiger partial charge is 0.375 e. The Balaban J connectivity index is 1.92. The van der Waals surface area contributed by atoms with Gasteiger partial charge in [-0.15, -0.1) is 0 Å². The van der Waals surface area contributed by atoms with Gasteiger partial charge in [0.15, 0.2) is 0 Å². The van der Waals surface area contributed by atoms with E-state index >= 15 is 0 Å². The minimum Gasteiger partial charge on any atom is -0.375 e. The maximum absolute atomic E-state index is 11.5. The number of ether oxygens (including phenoxy) is 1. The van der Waals surface area contributed by atoms with Crippen LogP contribution in [-0.4, -0.2) is 42.6 Å². The Morgan fingerprint density at radius 3 is 3.06 bits per heavy atom. The molecule has 0 aromatic carbocycles. The lowest BCUT2D eigenvalue weighted by atomic mass is 9.89. The van der Waals surface area contributed by atoms with E-state index in [4.69, 9.17) is 10.6 Å². The molecule has 0 spiro atoms. The van der Waals surface area contributed by atoms with Crippen LogP contribution in [0.5, 0.6) is 0 Å². The van der Waals surface area contributed by atoms with Crippen molar-refractivity contribution in [1.29, 1.82) is 0 Å². The number of nitrogens with one attached hydrogen (secondary N) is 1. The number of nitrogens with two attached hydrogens (primary N) is 1. The molecule has 1 heterocycles. The van der Waals surface area contributed by atoms with Gasteiger partial charge in [0, 0.05) is 25.0 Å². The molecule has 5 heteroatoms. The van der Waals surface area contributed by atoms with Gasteiger partial charge in [0.25, 0.3) is 0 Å². The Bertz CT molecular complexity index is 270. The van der Waals surface area contributed by atoms with Gasteiger partial charge in [-0.1, -0.05) is 19.8 Å². The van der Waals surface area contributed by atoms with Crippen molar-refractivity contribution in [2.24, 2.45) is 11.8 Å². The van der Waals surface area contributed by atoms with E-state index in [0.717, 1.165) is 19.7 Å². The summed E-state index contributed by atoms with van der Waals surface area (Å²) in [7, 11) is 0. The first-order chi connectivity index (χ1) is 8.22. The van der Waals surface area contributed by atoms with Crippen molar-refractivity contribution in [3.8, 4) is 0 Å². The van der Waals surface area contributed by atoms with E-state index in [1.54, 1.807) is 0 Å². The summed E-state index contributed by atoms with van der Waals surface area (Å²) in [6.45, 7) is 4.44. The van der Waals surface area contributed by atoms with E-state index in [0.29, 0.717) is 12.1 Å². The van der Waals surface area contributed by atoms with Crippen LogP contribution in [0, 0.1) is 5.92 Å². The second-order valence-corrected chi connectivity index (χ2v) is 5.17. The first kappa shape index (κ1) is 12.8. The molecule has 17 heavy (non-hydrogen) atoms. The fourth-order valence-corrected chi connectivity index (χ4v) is 2.98. The highest BCUT2D eigenvalue weighted by Gasteiger charge is 2.35. The number of carbonyl (C=O) groups is 1. The van der Waals surface area contributed by atoms with Crippen LogP contribution < -0.4 is 11.3 Å². The maximum Gasteiger partial charge on any atom is 0.237 e. The molecule has 3 atom stereocenters. The highest BCUT2D eigenvalue weighted by atomic mass is 16.5. The average Bonchev–Trinajstić information content (AvgIpc) is 2.38. The van der Waals surface area contributed by atoms with E-state index in [2.05, 4.69) is 10.3 Å². The number of carbonyl (C=O) groups excluding carboxylic acids is 1. The number of hydrogen-bond donors (Lipinski definition) is 2. The van der Waals surface area contributed by atoms with Crippen molar-refractivity contribution in [3.63, 3.8) is 0 Å². The smallest absolute Gasteiger partial charge is 0.237 e. The number of fused-ring (bicyclic) bond motifs is 1. The van der Waals surface area contributed by atoms with Crippen molar-refractivity contribution in [1.82, 2.24) is 10.3 Å². The summed E-state index contributed by atoms with van der Waals surface area (Å²) in [4.78, 5) is 13.9. The van der Waals surface area contributed by atoms with Crippen LogP contribution in [0.4, 0.5) is 0 Å². The number of rotatable bonds is 3. The van der Waals surface area contributed by atoms with Crippen LogP contribution in [0.2, 0.25) is 0 Å². The molecule has 3 N–H and O–H groups in total. The molecule has 0 aromatic heterocycles. The normalized spacial score (nSPS) is 31.6. The zero-order valence-corrected chi connectivity index (χ0v) is 10.5. The fourth-order valence-electron chi connectivity index (χ4n) is 2.98. The Morgan fingerprint density at radius 1 is 1.53 bits per heavy atom. The van der Waals surface area contributed by atoms with Gasteiger partial charge in [0.1, 0.15) is 0 Å². The lowest BCUT2D eigenvalue weighted by Crippen LogP contribution is -2.54. The molecular weight excluding hydrogens is 218 g/mol. The molecule has 5 nitrogen and oxygen atoms in total. The minimum absolute atomic E-state index is 0.0549. The van der Waals surface area contributed by atoms with Gasteiger partial charge in [0.05, 0.1) is 12.7 Å². The molecule has 2 fully saturated rings. The Kier molecular flexibility index (Phi) is 4.36. The second-order valence-electron chi connectivity index (χ2n) is 5.17. The SMILES string of the molecule is CC(CN1CCOC2CCCCC21)C(=O)NN. The average molecular weight is 241 g/mol. The van der Waals surface area contributed by atoms with Gasteiger partial charge < -0.3 is 4.74 Å². The number of morpholine rings is 1.